The van der Waals surface area contributed by atoms with E-state index in [1.54, 1.807) is 0 Å². The standard InChI is InChI=1S/C6H8F3NO3/c1-3(4(11)13-2)10-5(12)6(7,8)9/h3H,1-2H3,(H,10,12). The molecule has 0 aromatic heterocycles. The van der Waals surface area contributed by atoms with Gasteiger partial charge in [0.2, 0.25) is 0 Å². The van der Waals surface area contributed by atoms with Crippen LogP contribution in [0.1, 0.15) is 6.92 Å². The topological polar surface area (TPSA) is 55.4 Å². The summed E-state index contributed by atoms with van der Waals surface area (Å²) < 4.78 is 38.9. The molecule has 0 saturated carbocycles. The molecule has 0 bridgehead atoms. The van der Waals surface area contributed by atoms with Gasteiger partial charge >= 0.3 is 18.1 Å². The van der Waals surface area contributed by atoms with Gasteiger partial charge in [-0.25, -0.2) is 4.79 Å². The minimum atomic E-state index is -4.98. The Kier molecular flexibility index (Phi) is 3.70. The van der Waals surface area contributed by atoms with Crippen molar-refractivity contribution in [2.75, 3.05) is 7.11 Å². The van der Waals surface area contributed by atoms with Crippen molar-refractivity contribution in [2.45, 2.75) is 19.1 Å². The van der Waals surface area contributed by atoms with Crippen LogP contribution in [0.25, 0.3) is 0 Å². The number of alkyl halides is 3. The molecule has 0 heterocycles. The second-order valence-corrected chi connectivity index (χ2v) is 2.22. The summed E-state index contributed by atoms with van der Waals surface area (Å²) in [6.07, 6.45) is -4.98. The second-order valence-electron chi connectivity index (χ2n) is 2.22. The maximum absolute atomic E-state index is 11.6. The monoisotopic (exact) mass is 199 g/mol. The van der Waals surface area contributed by atoms with Gasteiger partial charge in [-0.2, -0.15) is 13.2 Å². The molecule has 0 saturated heterocycles. The van der Waals surface area contributed by atoms with Crippen molar-refractivity contribution in [1.82, 2.24) is 5.32 Å². The van der Waals surface area contributed by atoms with Gasteiger partial charge < -0.3 is 10.1 Å². The highest BCUT2D eigenvalue weighted by atomic mass is 19.4. The Labute approximate surface area is 72.0 Å². The fourth-order valence-electron chi connectivity index (χ4n) is 0.514. The van der Waals surface area contributed by atoms with Crippen LogP contribution in [-0.4, -0.2) is 31.2 Å². The Balaban J connectivity index is 4.15. The van der Waals surface area contributed by atoms with Crippen LogP contribution >= 0.6 is 0 Å². The molecule has 0 radical (unpaired) electrons. The lowest BCUT2D eigenvalue weighted by Crippen LogP contribution is -2.45. The second kappa shape index (κ2) is 4.11. The quantitative estimate of drug-likeness (QED) is 0.647. The van der Waals surface area contributed by atoms with E-state index in [1.165, 1.54) is 5.32 Å². The Bertz CT molecular complexity index is 214. The molecule has 0 aliphatic heterocycles. The van der Waals surface area contributed by atoms with Crippen molar-refractivity contribution in [3.8, 4) is 0 Å². The molecule has 13 heavy (non-hydrogen) atoms. The largest absolute Gasteiger partial charge is 0.471 e. The summed E-state index contributed by atoms with van der Waals surface area (Å²) in [6, 6.07) is -1.31. The molecule has 1 amide bonds. The zero-order chi connectivity index (χ0) is 10.6. The van der Waals surface area contributed by atoms with Crippen LogP contribution in [-0.2, 0) is 14.3 Å². The number of hydrogen-bond donors (Lipinski definition) is 1. The zero-order valence-electron chi connectivity index (χ0n) is 6.94. The Morgan fingerprint density at radius 1 is 1.38 bits per heavy atom. The van der Waals surface area contributed by atoms with E-state index in [1.807, 2.05) is 0 Å². The van der Waals surface area contributed by atoms with Gasteiger partial charge in [-0.05, 0) is 6.92 Å². The lowest BCUT2D eigenvalue weighted by atomic mass is 10.3. The number of methoxy groups -OCH3 is 1. The Morgan fingerprint density at radius 3 is 2.15 bits per heavy atom. The van der Waals surface area contributed by atoms with Gasteiger partial charge in [-0.1, -0.05) is 0 Å². The molecule has 0 aromatic carbocycles. The molecule has 4 nitrogen and oxygen atoms in total. The number of ether oxygens (including phenoxy) is 1. The van der Waals surface area contributed by atoms with E-state index in [9.17, 15) is 22.8 Å². The van der Waals surface area contributed by atoms with E-state index < -0.39 is 24.1 Å². The predicted octanol–water partition coefficient (Wildman–Crippen LogP) is 0.226. The van der Waals surface area contributed by atoms with E-state index in [0.717, 1.165) is 14.0 Å². The van der Waals surface area contributed by atoms with Gasteiger partial charge in [-0.15, -0.1) is 0 Å². The van der Waals surface area contributed by atoms with Gasteiger partial charge in [-0.3, -0.25) is 4.79 Å². The van der Waals surface area contributed by atoms with Gasteiger partial charge in [0, 0.05) is 0 Å². The third kappa shape index (κ3) is 3.77. The van der Waals surface area contributed by atoms with Crippen molar-refractivity contribution < 1.29 is 27.5 Å². The molecule has 0 fully saturated rings. The first-order valence-corrected chi connectivity index (χ1v) is 3.24. The fraction of sp³-hybridized carbons (Fsp3) is 0.667. The number of amides is 1. The molecule has 0 aliphatic rings. The highest BCUT2D eigenvalue weighted by Crippen LogP contribution is 2.14. The van der Waals surface area contributed by atoms with E-state index in [2.05, 4.69) is 4.74 Å². The van der Waals surface area contributed by atoms with Crippen molar-refractivity contribution in [3.05, 3.63) is 0 Å². The maximum atomic E-state index is 11.6. The molecule has 0 rings (SSSR count). The number of carbonyl (C=O) groups is 2. The Morgan fingerprint density at radius 2 is 1.85 bits per heavy atom. The minimum absolute atomic E-state index is 0.933. The van der Waals surface area contributed by atoms with Gasteiger partial charge in [0.1, 0.15) is 6.04 Å². The van der Waals surface area contributed by atoms with Gasteiger partial charge in [0.05, 0.1) is 7.11 Å². The van der Waals surface area contributed by atoms with Gasteiger partial charge in [0.15, 0.2) is 0 Å². The van der Waals surface area contributed by atoms with Crippen LogP contribution in [0.15, 0.2) is 0 Å². The number of hydrogen-bond acceptors (Lipinski definition) is 3. The summed E-state index contributed by atoms with van der Waals surface area (Å²) >= 11 is 0. The smallest absolute Gasteiger partial charge is 0.467 e. The fourth-order valence-corrected chi connectivity index (χ4v) is 0.514. The summed E-state index contributed by atoms with van der Waals surface area (Å²) in [6.45, 7) is 1.09. The number of esters is 1. The third-order valence-corrected chi connectivity index (χ3v) is 1.16. The third-order valence-electron chi connectivity index (χ3n) is 1.16. The summed E-state index contributed by atoms with van der Waals surface area (Å²) in [5.74, 6) is -3.09. The van der Waals surface area contributed by atoms with Crippen LogP contribution in [0.2, 0.25) is 0 Å². The lowest BCUT2D eigenvalue weighted by molar-refractivity contribution is -0.175. The van der Waals surface area contributed by atoms with Crippen molar-refractivity contribution in [3.63, 3.8) is 0 Å². The average molecular weight is 199 g/mol. The van der Waals surface area contributed by atoms with Crippen molar-refractivity contribution in [1.29, 1.82) is 0 Å². The molecular formula is C6H8F3NO3. The number of rotatable bonds is 2. The molecule has 76 valence electrons. The minimum Gasteiger partial charge on any atom is -0.467 e. The molecule has 1 unspecified atom stereocenters. The molecule has 0 aromatic rings. The molecule has 7 heteroatoms. The van der Waals surface area contributed by atoms with Gasteiger partial charge in [0.25, 0.3) is 0 Å². The molecule has 0 aliphatic carbocycles. The SMILES string of the molecule is COC(=O)C(C)NC(=O)C(F)(F)F. The maximum Gasteiger partial charge on any atom is 0.471 e. The summed E-state index contributed by atoms with van der Waals surface area (Å²) in [7, 11) is 1.01. The van der Waals surface area contributed by atoms with Crippen molar-refractivity contribution >= 4 is 11.9 Å². The predicted molar refractivity (Wildman–Crippen MR) is 35.7 cm³/mol. The first-order chi connectivity index (χ1) is 5.79. The van der Waals surface area contributed by atoms with E-state index in [4.69, 9.17) is 0 Å². The normalized spacial score (nSPS) is 13.3. The van der Waals surface area contributed by atoms with Crippen LogP contribution in [0.5, 0.6) is 0 Å². The Hall–Kier alpha value is -1.27. The molecular weight excluding hydrogens is 191 g/mol. The van der Waals surface area contributed by atoms with Crippen LogP contribution in [0, 0.1) is 0 Å². The first kappa shape index (κ1) is 11.7. The van der Waals surface area contributed by atoms with Crippen molar-refractivity contribution in [2.24, 2.45) is 0 Å². The van der Waals surface area contributed by atoms with Crippen LogP contribution in [0.4, 0.5) is 13.2 Å². The van der Waals surface area contributed by atoms with Crippen LogP contribution < -0.4 is 5.32 Å². The first-order valence-electron chi connectivity index (χ1n) is 3.24. The molecule has 1 N–H and O–H groups in total. The summed E-state index contributed by atoms with van der Waals surface area (Å²) in [5.41, 5.74) is 0. The summed E-state index contributed by atoms with van der Waals surface area (Å²) in [5, 5.41) is 1.43. The summed E-state index contributed by atoms with van der Waals surface area (Å²) in [4.78, 5) is 20.8. The number of nitrogens with one attached hydrogen (secondary N) is 1. The van der Waals surface area contributed by atoms with Crippen LogP contribution in [0.3, 0.4) is 0 Å². The number of halogens is 3. The lowest BCUT2D eigenvalue weighted by Gasteiger charge is -2.12. The molecule has 0 spiro atoms. The number of carbonyl (C=O) groups excluding carboxylic acids is 2. The van der Waals surface area contributed by atoms with E-state index >= 15 is 0 Å². The average Bonchev–Trinajstić information content (AvgIpc) is 2.01. The molecule has 1 atom stereocenters. The highest BCUT2D eigenvalue weighted by Gasteiger charge is 2.40. The zero-order valence-corrected chi connectivity index (χ0v) is 6.94. The van der Waals surface area contributed by atoms with E-state index in [-0.39, 0.29) is 0 Å². The van der Waals surface area contributed by atoms with E-state index in [0.29, 0.717) is 0 Å². The highest BCUT2D eigenvalue weighted by molar-refractivity contribution is 5.87.